The molecular formula is C14H6Cl4NiO4. The number of carboxylic acid groups (broad SMARTS) is 2. The molecule has 0 saturated heterocycles. The SMILES string of the molecule is O=C([O-])c1ccc(Cl)c(Cl)c1.O=C([O-])c1ccc(Cl)c(Cl)c1.[Ni+2]. The third-order valence-corrected chi connectivity index (χ3v) is 3.79. The molecule has 0 unspecified atom stereocenters. The molecule has 0 saturated carbocycles. The van der Waals surface area contributed by atoms with E-state index in [4.69, 9.17) is 46.4 Å². The summed E-state index contributed by atoms with van der Waals surface area (Å²) in [5.74, 6) is -2.52. The van der Waals surface area contributed by atoms with Gasteiger partial charge in [0.05, 0.1) is 32.0 Å². The first-order chi connectivity index (χ1) is 10.2. The van der Waals surface area contributed by atoms with Gasteiger partial charge in [0.2, 0.25) is 0 Å². The van der Waals surface area contributed by atoms with Crippen LogP contribution in [0.5, 0.6) is 0 Å². The van der Waals surface area contributed by atoms with Crippen LogP contribution in [-0.2, 0) is 16.5 Å². The van der Waals surface area contributed by atoms with Crippen LogP contribution < -0.4 is 10.2 Å². The normalized spacial score (nSPS) is 9.22. The maximum Gasteiger partial charge on any atom is 2.00 e. The van der Waals surface area contributed by atoms with E-state index in [-0.39, 0.29) is 37.7 Å². The van der Waals surface area contributed by atoms with Gasteiger partial charge in [0, 0.05) is 0 Å². The Balaban J connectivity index is 0.000000403. The summed E-state index contributed by atoms with van der Waals surface area (Å²) < 4.78 is 0. The predicted molar refractivity (Wildman–Crippen MR) is 81.6 cm³/mol. The minimum atomic E-state index is -1.26. The average molecular weight is 439 g/mol. The fourth-order valence-electron chi connectivity index (χ4n) is 1.25. The molecule has 2 rings (SSSR count). The minimum absolute atomic E-state index is 0. The summed E-state index contributed by atoms with van der Waals surface area (Å²) in [4.78, 5) is 20.5. The van der Waals surface area contributed by atoms with E-state index in [0.29, 0.717) is 10.0 Å². The molecule has 23 heavy (non-hydrogen) atoms. The van der Waals surface area contributed by atoms with Gasteiger partial charge in [-0.25, -0.2) is 0 Å². The summed E-state index contributed by atoms with van der Waals surface area (Å²) in [6.45, 7) is 0. The maximum absolute atomic E-state index is 10.3. The van der Waals surface area contributed by atoms with E-state index in [1.165, 1.54) is 36.4 Å². The zero-order valence-electron chi connectivity index (χ0n) is 10.9. The first-order valence-corrected chi connectivity index (χ1v) is 7.06. The predicted octanol–water partition coefficient (Wildman–Crippen LogP) is 2.71. The van der Waals surface area contributed by atoms with Gasteiger partial charge < -0.3 is 19.8 Å². The van der Waals surface area contributed by atoms with Crippen LogP contribution >= 0.6 is 46.4 Å². The first kappa shape index (κ1) is 22.0. The second-order valence-corrected chi connectivity index (χ2v) is 5.46. The Bertz CT molecular complexity index is 660. The van der Waals surface area contributed by atoms with Gasteiger partial charge >= 0.3 is 16.5 Å². The van der Waals surface area contributed by atoms with Gasteiger partial charge in [-0.15, -0.1) is 0 Å². The van der Waals surface area contributed by atoms with Crippen LogP contribution in [0.1, 0.15) is 20.7 Å². The van der Waals surface area contributed by atoms with E-state index >= 15 is 0 Å². The Morgan fingerprint density at radius 2 is 0.957 bits per heavy atom. The van der Waals surface area contributed by atoms with Gasteiger partial charge in [0.1, 0.15) is 0 Å². The third-order valence-electron chi connectivity index (χ3n) is 2.31. The Labute approximate surface area is 161 Å². The molecule has 0 aromatic heterocycles. The molecule has 0 aliphatic rings. The van der Waals surface area contributed by atoms with E-state index in [1.54, 1.807) is 0 Å². The molecule has 0 heterocycles. The average Bonchev–Trinajstić information content (AvgIpc) is 2.45. The van der Waals surface area contributed by atoms with E-state index < -0.39 is 11.9 Å². The van der Waals surface area contributed by atoms with Crippen molar-refractivity contribution in [2.75, 3.05) is 0 Å². The summed E-state index contributed by atoms with van der Waals surface area (Å²) in [6, 6.07) is 8.00. The topological polar surface area (TPSA) is 80.3 Å². The Morgan fingerprint density at radius 3 is 1.17 bits per heavy atom. The molecule has 4 nitrogen and oxygen atoms in total. The minimum Gasteiger partial charge on any atom is -0.545 e. The zero-order valence-corrected chi connectivity index (χ0v) is 14.9. The van der Waals surface area contributed by atoms with Crippen molar-refractivity contribution < 1.29 is 36.3 Å². The number of benzene rings is 2. The fraction of sp³-hybridized carbons (Fsp3) is 0. The number of carboxylic acids is 2. The number of halogens is 4. The summed E-state index contributed by atoms with van der Waals surface area (Å²) in [7, 11) is 0. The Hall–Kier alpha value is -0.966. The van der Waals surface area contributed by atoms with Crippen LogP contribution in [0, 0.1) is 0 Å². The summed E-state index contributed by atoms with van der Waals surface area (Å²) >= 11 is 22.1. The number of carbonyl (C=O) groups is 2. The number of hydrogen-bond acceptors (Lipinski definition) is 4. The summed E-state index contributed by atoms with van der Waals surface area (Å²) in [5, 5.41) is 21.6. The van der Waals surface area contributed by atoms with Crippen LogP contribution in [0.25, 0.3) is 0 Å². The second-order valence-electron chi connectivity index (χ2n) is 3.83. The number of aromatic carboxylic acids is 2. The van der Waals surface area contributed by atoms with Crippen LogP contribution in [0.2, 0.25) is 20.1 Å². The molecule has 0 amide bonds. The van der Waals surface area contributed by atoms with Gasteiger partial charge in [0.25, 0.3) is 0 Å². The van der Waals surface area contributed by atoms with Crippen LogP contribution in [0.4, 0.5) is 0 Å². The quantitative estimate of drug-likeness (QED) is 0.675. The molecule has 0 atom stereocenters. The zero-order chi connectivity index (χ0) is 16.9. The number of carbonyl (C=O) groups excluding carboxylic acids is 2. The van der Waals surface area contributed by atoms with Crippen molar-refractivity contribution >= 4 is 58.3 Å². The standard InChI is InChI=1S/2C7H4Cl2O2.Ni/c2*8-5-2-1-4(7(10)11)3-6(5)9;/h2*1-3H,(H,10,11);/q;;+2/p-2. The Morgan fingerprint density at radius 1 is 0.652 bits per heavy atom. The monoisotopic (exact) mass is 436 g/mol. The van der Waals surface area contributed by atoms with E-state index in [2.05, 4.69) is 0 Å². The van der Waals surface area contributed by atoms with Crippen LogP contribution in [-0.4, -0.2) is 11.9 Å². The number of rotatable bonds is 2. The largest absolute Gasteiger partial charge is 2.00 e. The second kappa shape index (κ2) is 10.0. The first-order valence-electron chi connectivity index (χ1n) is 5.55. The molecular weight excluding hydrogens is 433 g/mol. The van der Waals surface area contributed by atoms with Crippen molar-refractivity contribution in [1.29, 1.82) is 0 Å². The van der Waals surface area contributed by atoms with Crippen molar-refractivity contribution in [2.24, 2.45) is 0 Å². The van der Waals surface area contributed by atoms with E-state index in [0.717, 1.165) is 0 Å². The van der Waals surface area contributed by atoms with Crippen molar-refractivity contribution in [3.63, 3.8) is 0 Å². The van der Waals surface area contributed by atoms with Crippen molar-refractivity contribution in [2.45, 2.75) is 0 Å². The van der Waals surface area contributed by atoms with Gasteiger partial charge in [-0.05, 0) is 35.4 Å². The van der Waals surface area contributed by atoms with E-state index in [1.807, 2.05) is 0 Å². The molecule has 0 bridgehead atoms. The van der Waals surface area contributed by atoms with Crippen LogP contribution in [0.15, 0.2) is 36.4 Å². The fourth-order valence-corrected chi connectivity index (χ4v) is 1.84. The smallest absolute Gasteiger partial charge is 0.545 e. The molecule has 0 fully saturated rings. The summed E-state index contributed by atoms with van der Waals surface area (Å²) in [6.07, 6.45) is 0. The van der Waals surface area contributed by atoms with Gasteiger partial charge in [-0.3, -0.25) is 0 Å². The number of hydrogen-bond donors (Lipinski definition) is 0. The maximum atomic E-state index is 10.3. The van der Waals surface area contributed by atoms with Crippen molar-refractivity contribution in [1.82, 2.24) is 0 Å². The van der Waals surface area contributed by atoms with Gasteiger partial charge in [-0.2, -0.15) is 0 Å². The molecule has 9 heteroatoms. The van der Waals surface area contributed by atoms with Crippen LogP contribution in [0.3, 0.4) is 0 Å². The van der Waals surface area contributed by atoms with E-state index in [9.17, 15) is 19.8 Å². The van der Waals surface area contributed by atoms with Gasteiger partial charge in [0.15, 0.2) is 0 Å². The van der Waals surface area contributed by atoms with Gasteiger partial charge in [-0.1, -0.05) is 58.5 Å². The molecule has 0 radical (unpaired) electrons. The molecule has 124 valence electrons. The molecule has 0 spiro atoms. The molecule has 0 aliphatic carbocycles. The van der Waals surface area contributed by atoms with Crippen molar-refractivity contribution in [3.05, 3.63) is 67.6 Å². The molecule has 2 aromatic rings. The summed E-state index contributed by atoms with van der Waals surface area (Å²) in [5.41, 5.74) is 0.0544. The molecule has 0 N–H and O–H groups in total. The molecule has 2 aromatic carbocycles. The van der Waals surface area contributed by atoms with Crippen molar-refractivity contribution in [3.8, 4) is 0 Å². The molecule has 0 aliphatic heterocycles. The Kier molecular flexibility index (Phi) is 9.59. The third kappa shape index (κ3) is 6.98.